The number of amides is 4. The van der Waals surface area contributed by atoms with E-state index in [4.69, 9.17) is 4.74 Å². The minimum Gasteiger partial charge on any atom is -0.462 e. The number of hydrogen-bond acceptors (Lipinski definition) is 6. The number of carbonyl (C=O) groups excluding carboxylic acids is 4. The van der Waals surface area contributed by atoms with Gasteiger partial charge in [0.15, 0.2) is 0 Å². The Labute approximate surface area is 180 Å². The van der Waals surface area contributed by atoms with Crippen LogP contribution in [-0.4, -0.2) is 47.4 Å². The number of esters is 1. The lowest BCUT2D eigenvalue weighted by atomic mass is 9.73. The fourth-order valence-corrected chi connectivity index (χ4v) is 5.61. The van der Waals surface area contributed by atoms with Gasteiger partial charge in [0.05, 0.1) is 12.2 Å². The Bertz CT molecular complexity index is 880. The molecule has 1 aliphatic heterocycles. The Morgan fingerprint density at radius 2 is 2.03 bits per heavy atom. The number of nitrogens with one attached hydrogen (secondary N) is 2. The van der Waals surface area contributed by atoms with Crippen molar-refractivity contribution >= 4 is 40.2 Å². The molecule has 1 saturated carbocycles. The SMILES string of the molecule is CCOC(=O)c1c(NC(=O)CN2C(=O)N[C@]3(CCCC[C@H]3C)C2=O)sc(C)c1CC. The van der Waals surface area contributed by atoms with Crippen LogP contribution in [-0.2, 0) is 20.7 Å². The summed E-state index contributed by atoms with van der Waals surface area (Å²) in [4.78, 5) is 52.6. The average Bonchev–Trinajstić information content (AvgIpc) is 3.13. The van der Waals surface area contributed by atoms with Gasteiger partial charge < -0.3 is 15.4 Å². The second kappa shape index (κ2) is 8.75. The smallest absolute Gasteiger partial charge is 0.341 e. The second-order valence-electron chi connectivity index (χ2n) is 7.90. The molecule has 2 heterocycles. The Kier molecular flexibility index (Phi) is 6.50. The van der Waals surface area contributed by atoms with Gasteiger partial charge in [-0.15, -0.1) is 11.3 Å². The molecule has 2 atom stereocenters. The lowest BCUT2D eigenvalue weighted by Gasteiger charge is -2.36. The van der Waals surface area contributed by atoms with Gasteiger partial charge in [0, 0.05) is 4.88 Å². The van der Waals surface area contributed by atoms with E-state index in [1.807, 2.05) is 20.8 Å². The lowest BCUT2D eigenvalue weighted by molar-refractivity contribution is -0.136. The average molecular weight is 436 g/mol. The molecule has 8 nitrogen and oxygen atoms in total. The molecule has 1 aliphatic carbocycles. The summed E-state index contributed by atoms with van der Waals surface area (Å²) in [7, 11) is 0. The van der Waals surface area contributed by atoms with E-state index >= 15 is 0 Å². The standard InChI is InChI=1S/C21H29N3O5S/c1-5-14-13(4)30-17(16(14)18(26)29-6-2)22-15(25)11-24-19(27)21(23-20(24)28)10-8-7-9-12(21)3/h12H,5-11H2,1-4H3,(H,22,25)(H,23,28)/t12-,21+/m1/s1. The monoisotopic (exact) mass is 435 g/mol. The Balaban J connectivity index is 1.77. The summed E-state index contributed by atoms with van der Waals surface area (Å²) in [6.45, 7) is 7.34. The predicted molar refractivity (Wildman–Crippen MR) is 114 cm³/mol. The molecule has 0 radical (unpaired) electrons. The molecule has 0 aromatic carbocycles. The van der Waals surface area contributed by atoms with Crippen LogP contribution >= 0.6 is 11.3 Å². The molecule has 0 unspecified atom stereocenters. The van der Waals surface area contributed by atoms with Gasteiger partial charge in [-0.1, -0.05) is 26.7 Å². The zero-order valence-electron chi connectivity index (χ0n) is 17.9. The van der Waals surface area contributed by atoms with Crippen LogP contribution in [0, 0.1) is 12.8 Å². The van der Waals surface area contributed by atoms with E-state index in [1.165, 1.54) is 11.3 Å². The molecule has 4 amide bonds. The van der Waals surface area contributed by atoms with Crippen LogP contribution < -0.4 is 10.6 Å². The van der Waals surface area contributed by atoms with Gasteiger partial charge in [-0.05, 0) is 44.6 Å². The number of thiophene rings is 1. The van der Waals surface area contributed by atoms with Crippen molar-refractivity contribution in [1.82, 2.24) is 10.2 Å². The number of ether oxygens (including phenoxy) is 1. The maximum absolute atomic E-state index is 13.0. The normalized spacial score (nSPS) is 23.6. The van der Waals surface area contributed by atoms with Crippen molar-refractivity contribution in [2.45, 2.75) is 65.3 Å². The molecule has 9 heteroatoms. The first kappa shape index (κ1) is 22.3. The minimum absolute atomic E-state index is 0.0261. The van der Waals surface area contributed by atoms with E-state index in [-0.39, 0.29) is 25.0 Å². The van der Waals surface area contributed by atoms with E-state index in [0.717, 1.165) is 34.6 Å². The third kappa shape index (κ3) is 3.82. The highest BCUT2D eigenvalue weighted by Crippen LogP contribution is 2.38. The van der Waals surface area contributed by atoms with Gasteiger partial charge in [-0.25, -0.2) is 9.59 Å². The number of nitrogens with zero attached hydrogens (tertiary/aromatic N) is 1. The molecular weight excluding hydrogens is 406 g/mol. The third-order valence-corrected chi connectivity index (χ3v) is 7.16. The Morgan fingerprint density at radius 3 is 2.67 bits per heavy atom. The van der Waals surface area contributed by atoms with Crippen LogP contribution in [0.2, 0.25) is 0 Å². The van der Waals surface area contributed by atoms with Crippen LogP contribution in [0.1, 0.15) is 67.3 Å². The molecule has 30 heavy (non-hydrogen) atoms. The van der Waals surface area contributed by atoms with Gasteiger partial charge in [0.25, 0.3) is 5.91 Å². The molecule has 1 aromatic heterocycles. The van der Waals surface area contributed by atoms with Crippen molar-refractivity contribution in [2.75, 3.05) is 18.5 Å². The highest BCUT2D eigenvalue weighted by molar-refractivity contribution is 7.16. The van der Waals surface area contributed by atoms with Gasteiger partial charge in [-0.3, -0.25) is 14.5 Å². The fourth-order valence-electron chi connectivity index (χ4n) is 4.46. The van der Waals surface area contributed by atoms with Crippen molar-refractivity contribution in [3.05, 3.63) is 16.0 Å². The Morgan fingerprint density at radius 1 is 1.30 bits per heavy atom. The quantitative estimate of drug-likeness (QED) is 0.527. The molecule has 0 bridgehead atoms. The van der Waals surface area contributed by atoms with Crippen molar-refractivity contribution in [3.8, 4) is 0 Å². The third-order valence-electron chi connectivity index (χ3n) is 6.10. The van der Waals surface area contributed by atoms with Gasteiger partial charge in [-0.2, -0.15) is 0 Å². The first-order valence-electron chi connectivity index (χ1n) is 10.5. The highest BCUT2D eigenvalue weighted by atomic mass is 32.1. The summed E-state index contributed by atoms with van der Waals surface area (Å²) >= 11 is 1.29. The zero-order chi connectivity index (χ0) is 22.1. The van der Waals surface area contributed by atoms with Crippen LogP contribution in [0.25, 0.3) is 0 Å². The molecule has 2 aliphatic rings. The minimum atomic E-state index is -0.902. The molecule has 1 saturated heterocycles. The second-order valence-corrected chi connectivity index (χ2v) is 9.13. The largest absolute Gasteiger partial charge is 0.462 e. The summed E-state index contributed by atoms with van der Waals surface area (Å²) in [5.74, 6) is -1.32. The van der Waals surface area contributed by atoms with Crippen LogP contribution in [0.5, 0.6) is 0 Å². The maximum Gasteiger partial charge on any atom is 0.341 e. The van der Waals surface area contributed by atoms with Crippen molar-refractivity contribution in [1.29, 1.82) is 0 Å². The fraction of sp³-hybridized carbons (Fsp3) is 0.619. The maximum atomic E-state index is 13.0. The number of imide groups is 1. The number of carbonyl (C=O) groups is 4. The van der Waals surface area contributed by atoms with E-state index in [0.29, 0.717) is 23.4 Å². The lowest BCUT2D eigenvalue weighted by Crippen LogP contribution is -2.54. The van der Waals surface area contributed by atoms with E-state index in [9.17, 15) is 19.2 Å². The van der Waals surface area contributed by atoms with Crippen molar-refractivity contribution < 1.29 is 23.9 Å². The summed E-state index contributed by atoms with van der Waals surface area (Å²) in [6.07, 6.45) is 3.98. The van der Waals surface area contributed by atoms with E-state index < -0.39 is 23.4 Å². The summed E-state index contributed by atoms with van der Waals surface area (Å²) in [6, 6.07) is -0.536. The molecule has 2 N–H and O–H groups in total. The molecule has 1 aromatic rings. The topological polar surface area (TPSA) is 105 Å². The number of urea groups is 1. The summed E-state index contributed by atoms with van der Waals surface area (Å²) < 4.78 is 5.15. The number of rotatable bonds is 6. The zero-order valence-corrected chi connectivity index (χ0v) is 18.7. The number of aryl methyl sites for hydroxylation is 1. The van der Waals surface area contributed by atoms with E-state index in [1.54, 1.807) is 6.92 Å². The highest BCUT2D eigenvalue weighted by Gasteiger charge is 2.55. The van der Waals surface area contributed by atoms with Crippen LogP contribution in [0.15, 0.2) is 0 Å². The predicted octanol–water partition coefficient (Wildman–Crippen LogP) is 3.23. The van der Waals surface area contributed by atoms with Crippen LogP contribution in [0.3, 0.4) is 0 Å². The first-order valence-corrected chi connectivity index (χ1v) is 11.3. The number of hydrogen-bond donors (Lipinski definition) is 2. The van der Waals surface area contributed by atoms with Gasteiger partial charge in [0.2, 0.25) is 5.91 Å². The van der Waals surface area contributed by atoms with Crippen molar-refractivity contribution in [3.63, 3.8) is 0 Å². The summed E-state index contributed by atoms with van der Waals surface area (Å²) in [5.41, 5.74) is 0.282. The van der Waals surface area contributed by atoms with Crippen molar-refractivity contribution in [2.24, 2.45) is 5.92 Å². The van der Waals surface area contributed by atoms with Crippen LogP contribution in [0.4, 0.5) is 9.80 Å². The first-order chi connectivity index (χ1) is 14.2. The molecule has 164 valence electrons. The molecule has 3 rings (SSSR count). The molecule has 1 spiro atoms. The van der Waals surface area contributed by atoms with Gasteiger partial charge in [0.1, 0.15) is 17.1 Å². The van der Waals surface area contributed by atoms with Gasteiger partial charge >= 0.3 is 12.0 Å². The molecular formula is C21H29N3O5S. The number of anilines is 1. The molecule has 2 fully saturated rings. The van der Waals surface area contributed by atoms with E-state index in [2.05, 4.69) is 10.6 Å². The Hall–Kier alpha value is -2.42. The summed E-state index contributed by atoms with van der Waals surface area (Å²) in [5, 5.41) is 5.95.